The molecule has 0 aliphatic carbocycles. The molecule has 2 aromatic rings. The minimum atomic E-state index is 0.244. The number of ether oxygens (including phenoxy) is 1. The van der Waals surface area contributed by atoms with E-state index >= 15 is 0 Å². The van der Waals surface area contributed by atoms with E-state index in [-0.39, 0.29) is 6.01 Å². The van der Waals surface area contributed by atoms with Crippen LogP contribution in [0.15, 0.2) is 18.2 Å². The fourth-order valence-electron chi connectivity index (χ4n) is 1.37. The highest BCUT2D eigenvalue weighted by Crippen LogP contribution is 2.20. The summed E-state index contributed by atoms with van der Waals surface area (Å²) in [6, 6.07) is 5.92. The van der Waals surface area contributed by atoms with Gasteiger partial charge in [0, 0.05) is 0 Å². The molecule has 0 amide bonds. The Bertz CT molecular complexity index is 462. The van der Waals surface area contributed by atoms with E-state index < -0.39 is 0 Å². The molecule has 0 spiro atoms. The standard InChI is InChI=1S/C10H12N2O2/c1-3-14-10-11-8-5-4-7(2)6-9(8)12(10)13/h4-6,13H,3H2,1-2H3. The molecule has 0 atom stereocenters. The first-order chi connectivity index (χ1) is 6.72. The fraction of sp³-hybridized carbons (Fsp3) is 0.300. The van der Waals surface area contributed by atoms with Crippen LogP contribution in [0.25, 0.3) is 11.0 Å². The largest absolute Gasteiger partial charge is 0.463 e. The molecule has 1 aromatic carbocycles. The Hall–Kier alpha value is -1.71. The van der Waals surface area contributed by atoms with Crippen LogP contribution < -0.4 is 4.74 Å². The van der Waals surface area contributed by atoms with Gasteiger partial charge in [0.25, 0.3) is 0 Å². The van der Waals surface area contributed by atoms with Gasteiger partial charge in [-0.15, -0.1) is 4.73 Å². The molecule has 4 heteroatoms. The summed E-state index contributed by atoms with van der Waals surface area (Å²) in [5.41, 5.74) is 2.49. The van der Waals surface area contributed by atoms with Crippen LogP contribution in [0.4, 0.5) is 0 Å². The lowest BCUT2D eigenvalue weighted by Crippen LogP contribution is -1.99. The maximum atomic E-state index is 9.67. The predicted octanol–water partition coefficient (Wildman–Crippen LogP) is 1.98. The van der Waals surface area contributed by atoms with E-state index in [1.807, 2.05) is 32.0 Å². The predicted molar refractivity (Wildman–Crippen MR) is 52.8 cm³/mol. The second-order valence-corrected chi connectivity index (χ2v) is 3.13. The number of benzene rings is 1. The molecule has 4 nitrogen and oxygen atoms in total. The number of aromatic nitrogens is 2. The Balaban J connectivity index is 2.62. The summed E-state index contributed by atoms with van der Waals surface area (Å²) in [5, 5.41) is 9.67. The molecule has 0 aliphatic heterocycles. The Kier molecular flexibility index (Phi) is 2.04. The number of nitrogens with zero attached hydrogens (tertiary/aromatic N) is 2. The SMILES string of the molecule is CCOc1nc2ccc(C)cc2n1O. The van der Waals surface area contributed by atoms with Crippen LogP contribution in [0.2, 0.25) is 0 Å². The molecule has 0 fully saturated rings. The van der Waals surface area contributed by atoms with Gasteiger partial charge in [-0.3, -0.25) is 0 Å². The number of hydrogen-bond acceptors (Lipinski definition) is 3. The van der Waals surface area contributed by atoms with Crippen LogP contribution in [-0.2, 0) is 0 Å². The Morgan fingerprint density at radius 3 is 3.00 bits per heavy atom. The van der Waals surface area contributed by atoms with E-state index in [2.05, 4.69) is 4.98 Å². The Morgan fingerprint density at radius 2 is 2.29 bits per heavy atom. The average molecular weight is 192 g/mol. The summed E-state index contributed by atoms with van der Waals surface area (Å²) < 4.78 is 6.14. The second-order valence-electron chi connectivity index (χ2n) is 3.13. The van der Waals surface area contributed by atoms with E-state index in [4.69, 9.17) is 4.74 Å². The number of hydrogen-bond donors (Lipinski definition) is 1. The van der Waals surface area contributed by atoms with Gasteiger partial charge >= 0.3 is 6.01 Å². The average Bonchev–Trinajstić information content (AvgIpc) is 2.46. The van der Waals surface area contributed by atoms with Gasteiger partial charge in [-0.2, -0.15) is 4.98 Å². The molecule has 2 rings (SSSR count). The van der Waals surface area contributed by atoms with Crippen molar-refractivity contribution in [3.8, 4) is 6.01 Å². The van der Waals surface area contributed by atoms with Crippen molar-refractivity contribution < 1.29 is 9.94 Å². The Morgan fingerprint density at radius 1 is 1.50 bits per heavy atom. The number of aryl methyl sites for hydroxylation is 1. The van der Waals surface area contributed by atoms with Crippen LogP contribution in [0.3, 0.4) is 0 Å². The van der Waals surface area contributed by atoms with E-state index in [0.29, 0.717) is 12.1 Å². The maximum absolute atomic E-state index is 9.67. The molecule has 1 N–H and O–H groups in total. The third kappa shape index (κ3) is 1.28. The summed E-state index contributed by atoms with van der Waals surface area (Å²) in [6.07, 6.45) is 0. The molecule has 0 bridgehead atoms. The third-order valence-electron chi connectivity index (χ3n) is 2.03. The minimum Gasteiger partial charge on any atom is -0.463 e. The molecule has 0 saturated heterocycles. The Labute approximate surface area is 81.7 Å². The zero-order valence-corrected chi connectivity index (χ0v) is 8.19. The van der Waals surface area contributed by atoms with Gasteiger partial charge < -0.3 is 9.94 Å². The van der Waals surface area contributed by atoms with Crippen molar-refractivity contribution in [3.05, 3.63) is 23.8 Å². The summed E-state index contributed by atoms with van der Waals surface area (Å²) in [5.74, 6) is 0. The van der Waals surface area contributed by atoms with Crippen LogP contribution in [0.5, 0.6) is 6.01 Å². The van der Waals surface area contributed by atoms with Gasteiger partial charge in [-0.05, 0) is 31.5 Å². The van der Waals surface area contributed by atoms with Crippen molar-refractivity contribution in [1.29, 1.82) is 0 Å². The van der Waals surface area contributed by atoms with Crippen molar-refractivity contribution >= 4 is 11.0 Å². The molecule has 0 saturated carbocycles. The highest BCUT2D eigenvalue weighted by atomic mass is 16.6. The van der Waals surface area contributed by atoms with Crippen molar-refractivity contribution in [2.75, 3.05) is 6.61 Å². The highest BCUT2D eigenvalue weighted by Gasteiger charge is 2.09. The number of fused-ring (bicyclic) bond motifs is 1. The molecule has 1 heterocycles. The topological polar surface area (TPSA) is 47.3 Å². The van der Waals surface area contributed by atoms with Gasteiger partial charge in [-0.25, -0.2) is 0 Å². The first-order valence-corrected chi connectivity index (χ1v) is 4.53. The highest BCUT2D eigenvalue weighted by molar-refractivity contribution is 5.77. The lowest BCUT2D eigenvalue weighted by Gasteiger charge is -1.99. The van der Waals surface area contributed by atoms with Gasteiger partial charge in [0.05, 0.1) is 12.1 Å². The van der Waals surface area contributed by atoms with E-state index in [9.17, 15) is 5.21 Å². The van der Waals surface area contributed by atoms with Crippen LogP contribution in [-0.4, -0.2) is 21.5 Å². The van der Waals surface area contributed by atoms with Gasteiger partial charge in [0.15, 0.2) is 0 Å². The van der Waals surface area contributed by atoms with Crippen molar-refractivity contribution in [2.45, 2.75) is 13.8 Å². The maximum Gasteiger partial charge on any atom is 0.331 e. The normalized spacial score (nSPS) is 10.7. The smallest absolute Gasteiger partial charge is 0.331 e. The van der Waals surface area contributed by atoms with Crippen molar-refractivity contribution in [1.82, 2.24) is 9.71 Å². The van der Waals surface area contributed by atoms with Crippen LogP contribution >= 0.6 is 0 Å². The molecule has 0 radical (unpaired) electrons. The zero-order chi connectivity index (χ0) is 10.1. The summed E-state index contributed by atoms with van der Waals surface area (Å²) in [6.45, 7) is 4.31. The fourth-order valence-corrected chi connectivity index (χ4v) is 1.37. The summed E-state index contributed by atoms with van der Waals surface area (Å²) in [7, 11) is 0. The van der Waals surface area contributed by atoms with Crippen LogP contribution in [0, 0.1) is 6.92 Å². The van der Waals surface area contributed by atoms with Crippen molar-refractivity contribution in [2.24, 2.45) is 0 Å². The molecule has 14 heavy (non-hydrogen) atoms. The zero-order valence-electron chi connectivity index (χ0n) is 8.19. The van der Waals surface area contributed by atoms with Gasteiger partial charge in [-0.1, -0.05) is 6.07 Å². The number of imidazole rings is 1. The van der Waals surface area contributed by atoms with Crippen LogP contribution in [0.1, 0.15) is 12.5 Å². The third-order valence-corrected chi connectivity index (χ3v) is 2.03. The lowest BCUT2D eigenvalue weighted by molar-refractivity contribution is 0.149. The number of rotatable bonds is 2. The quantitative estimate of drug-likeness (QED) is 0.740. The van der Waals surface area contributed by atoms with Gasteiger partial charge in [0.2, 0.25) is 0 Å². The first-order valence-electron chi connectivity index (χ1n) is 4.53. The summed E-state index contributed by atoms with van der Waals surface area (Å²) in [4.78, 5) is 4.13. The molecule has 0 aliphatic rings. The minimum absolute atomic E-state index is 0.244. The molecular weight excluding hydrogens is 180 g/mol. The van der Waals surface area contributed by atoms with E-state index in [1.165, 1.54) is 0 Å². The molecule has 74 valence electrons. The second kappa shape index (κ2) is 3.21. The first kappa shape index (κ1) is 8.87. The van der Waals surface area contributed by atoms with E-state index in [0.717, 1.165) is 15.8 Å². The monoisotopic (exact) mass is 192 g/mol. The summed E-state index contributed by atoms with van der Waals surface area (Å²) >= 11 is 0. The lowest BCUT2D eigenvalue weighted by atomic mass is 10.2. The molecule has 1 aromatic heterocycles. The van der Waals surface area contributed by atoms with Crippen molar-refractivity contribution in [3.63, 3.8) is 0 Å². The van der Waals surface area contributed by atoms with E-state index in [1.54, 1.807) is 0 Å². The van der Waals surface area contributed by atoms with Gasteiger partial charge in [0.1, 0.15) is 5.52 Å². The molecular formula is C10H12N2O2. The molecule has 0 unspecified atom stereocenters.